The molecule has 0 fully saturated rings. The van der Waals surface area contributed by atoms with Gasteiger partial charge in [-0.1, -0.05) is 209 Å². The number of hydrogen-bond acceptors (Lipinski definition) is 6. The van der Waals surface area contributed by atoms with Crippen LogP contribution in [-0.2, 0) is 28.6 Å². The first-order valence-electron chi connectivity index (χ1n) is 23.5. The quantitative estimate of drug-likeness (QED) is 0.0202. The molecule has 0 rings (SSSR count). The van der Waals surface area contributed by atoms with Gasteiger partial charge in [-0.15, -0.1) is 0 Å². The van der Waals surface area contributed by atoms with E-state index in [1.807, 2.05) is 54.7 Å². The summed E-state index contributed by atoms with van der Waals surface area (Å²) in [5.41, 5.74) is 0. The minimum atomic E-state index is -0.808. The van der Waals surface area contributed by atoms with Crippen LogP contribution >= 0.6 is 0 Å². The molecule has 0 saturated heterocycles. The molecule has 0 aromatic heterocycles. The standard InChI is InChI=1S/C51H86O6/c1-4-7-10-13-16-19-22-25-28-31-34-37-40-43-49(52)55-46-48(57-51(54)45-42-39-36-33-30-27-24-21-18-15-12-9-6-3)47-56-50(53)44-41-38-35-32-29-26-23-20-17-14-11-8-5-2/h7,10,13,16,19,22,25,27-28,30-31,34,48H,4-6,8-9,11-12,14-15,17-18,20-21,23-24,26,29,32-33,35-47H2,1-3H3/b10-7-,16-13-,22-19-,28-25-,30-27-,34-31-. The van der Waals surface area contributed by atoms with Crippen molar-refractivity contribution >= 4 is 17.9 Å². The highest BCUT2D eigenvalue weighted by Gasteiger charge is 2.19. The molecule has 326 valence electrons. The van der Waals surface area contributed by atoms with Crippen LogP contribution < -0.4 is 0 Å². The molecule has 0 radical (unpaired) electrons. The first-order chi connectivity index (χ1) is 28.0. The molecule has 57 heavy (non-hydrogen) atoms. The Morgan fingerprint density at radius 1 is 0.368 bits per heavy atom. The molecule has 0 spiro atoms. The van der Waals surface area contributed by atoms with Crippen molar-refractivity contribution in [2.24, 2.45) is 0 Å². The number of carbonyl (C=O) groups excluding carboxylic acids is 3. The lowest BCUT2D eigenvalue weighted by Crippen LogP contribution is -2.30. The van der Waals surface area contributed by atoms with Gasteiger partial charge in [-0.05, 0) is 57.8 Å². The first kappa shape index (κ1) is 53.9. The maximum atomic E-state index is 12.7. The van der Waals surface area contributed by atoms with E-state index in [1.165, 1.54) is 103 Å². The normalized spacial score (nSPS) is 12.7. The van der Waals surface area contributed by atoms with E-state index in [-0.39, 0.29) is 37.5 Å². The predicted molar refractivity (Wildman–Crippen MR) is 242 cm³/mol. The number of esters is 3. The van der Waals surface area contributed by atoms with Gasteiger partial charge in [0.25, 0.3) is 0 Å². The van der Waals surface area contributed by atoms with E-state index >= 15 is 0 Å². The van der Waals surface area contributed by atoms with Crippen LogP contribution in [0.1, 0.15) is 213 Å². The molecule has 0 amide bonds. The van der Waals surface area contributed by atoms with Crippen LogP contribution in [0.3, 0.4) is 0 Å². The molecule has 1 atom stereocenters. The summed E-state index contributed by atoms with van der Waals surface area (Å²) < 4.78 is 16.6. The van der Waals surface area contributed by atoms with Crippen LogP contribution in [0.5, 0.6) is 0 Å². The Morgan fingerprint density at radius 2 is 0.719 bits per heavy atom. The van der Waals surface area contributed by atoms with Gasteiger partial charge < -0.3 is 14.2 Å². The zero-order chi connectivity index (χ0) is 41.5. The van der Waals surface area contributed by atoms with Crippen LogP contribution in [-0.4, -0.2) is 37.2 Å². The zero-order valence-electron chi connectivity index (χ0n) is 37.1. The molecule has 0 aromatic rings. The lowest BCUT2D eigenvalue weighted by atomic mass is 10.0. The topological polar surface area (TPSA) is 78.9 Å². The fourth-order valence-electron chi connectivity index (χ4n) is 6.29. The van der Waals surface area contributed by atoms with E-state index < -0.39 is 6.10 Å². The third kappa shape index (κ3) is 43.8. The average molecular weight is 795 g/mol. The van der Waals surface area contributed by atoms with Gasteiger partial charge in [0.1, 0.15) is 13.2 Å². The van der Waals surface area contributed by atoms with Gasteiger partial charge in [-0.3, -0.25) is 14.4 Å². The van der Waals surface area contributed by atoms with E-state index in [0.717, 1.165) is 64.2 Å². The second kappa shape index (κ2) is 45.6. The molecule has 0 aromatic carbocycles. The number of rotatable bonds is 41. The number of unbranched alkanes of at least 4 members (excludes halogenated alkanes) is 22. The maximum absolute atomic E-state index is 12.7. The summed E-state index contributed by atoms with van der Waals surface area (Å²) in [5.74, 6) is -0.999. The van der Waals surface area contributed by atoms with Gasteiger partial charge in [0.05, 0.1) is 0 Å². The number of hydrogen-bond donors (Lipinski definition) is 0. The van der Waals surface area contributed by atoms with Crippen LogP contribution in [0.2, 0.25) is 0 Å². The number of allylic oxidation sites excluding steroid dienone is 12. The summed E-state index contributed by atoms with van der Waals surface area (Å²) >= 11 is 0. The minimum Gasteiger partial charge on any atom is -0.462 e. The minimum absolute atomic E-state index is 0.103. The Morgan fingerprint density at radius 3 is 1.19 bits per heavy atom. The predicted octanol–water partition coefficient (Wildman–Crippen LogP) is 15.1. The molecular formula is C51H86O6. The summed E-state index contributed by atoms with van der Waals surface area (Å²) in [7, 11) is 0. The lowest BCUT2D eigenvalue weighted by Gasteiger charge is -2.18. The molecule has 1 unspecified atom stereocenters. The van der Waals surface area contributed by atoms with Gasteiger partial charge >= 0.3 is 17.9 Å². The van der Waals surface area contributed by atoms with Crippen molar-refractivity contribution in [3.8, 4) is 0 Å². The molecule has 6 heteroatoms. The van der Waals surface area contributed by atoms with Gasteiger partial charge in [0.2, 0.25) is 0 Å². The van der Waals surface area contributed by atoms with Crippen molar-refractivity contribution in [3.05, 3.63) is 72.9 Å². The summed E-state index contributed by atoms with van der Waals surface area (Å²) in [4.78, 5) is 37.8. The van der Waals surface area contributed by atoms with Gasteiger partial charge in [0.15, 0.2) is 6.10 Å². The lowest BCUT2D eigenvalue weighted by molar-refractivity contribution is -0.167. The maximum Gasteiger partial charge on any atom is 0.306 e. The summed E-state index contributed by atoms with van der Waals surface area (Å²) in [6.07, 6.45) is 56.0. The van der Waals surface area contributed by atoms with Crippen molar-refractivity contribution in [1.82, 2.24) is 0 Å². The summed E-state index contributed by atoms with van der Waals surface area (Å²) in [6.45, 7) is 6.39. The molecule has 0 heterocycles. The second-order valence-corrected chi connectivity index (χ2v) is 15.4. The van der Waals surface area contributed by atoms with E-state index in [9.17, 15) is 14.4 Å². The molecular weight excluding hydrogens is 709 g/mol. The fraction of sp³-hybridized carbons (Fsp3) is 0.706. The first-order valence-corrected chi connectivity index (χ1v) is 23.5. The Bertz CT molecular complexity index is 1100. The Labute approximate surface area is 351 Å². The van der Waals surface area contributed by atoms with Gasteiger partial charge in [0, 0.05) is 19.3 Å². The molecule has 0 N–H and O–H groups in total. The monoisotopic (exact) mass is 795 g/mol. The van der Waals surface area contributed by atoms with Crippen molar-refractivity contribution < 1.29 is 28.6 Å². The van der Waals surface area contributed by atoms with Crippen molar-refractivity contribution in [2.75, 3.05) is 13.2 Å². The molecule has 0 aliphatic heterocycles. The Balaban J connectivity index is 4.51. The highest BCUT2D eigenvalue weighted by Crippen LogP contribution is 2.14. The molecule has 6 nitrogen and oxygen atoms in total. The summed E-state index contributed by atoms with van der Waals surface area (Å²) in [5, 5.41) is 0. The molecule has 0 bridgehead atoms. The van der Waals surface area contributed by atoms with Gasteiger partial charge in [-0.25, -0.2) is 0 Å². The van der Waals surface area contributed by atoms with Gasteiger partial charge in [-0.2, -0.15) is 0 Å². The van der Waals surface area contributed by atoms with E-state index in [2.05, 4.69) is 39.0 Å². The van der Waals surface area contributed by atoms with Crippen LogP contribution in [0.25, 0.3) is 0 Å². The third-order valence-electron chi connectivity index (χ3n) is 9.82. The Kier molecular flexibility index (Phi) is 43.0. The largest absolute Gasteiger partial charge is 0.462 e. The SMILES string of the molecule is CC\C=C/C=C\C=C/C=C\C=C/CCCC(=O)OCC(COC(=O)CCCCCCCCCCCCCCC)OC(=O)CCCCC/C=C\CCCCCCCC. The second-order valence-electron chi connectivity index (χ2n) is 15.4. The molecule has 0 saturated carbocycles. The number of carbonyl (C=O) groups is 3. The van der Waals surface area contributed by atoms with Crippen LogP contribution in [0.15, 0.2) is 72.9 Å². The number of ether oxygens (including phenoxy) is 3. The van der Waals surface area contributed by atoms with Crippen LogP contribution in [0.4, 0.5) is 0 Å². The zero-order valence-corrected chi connectivity index (χ0v) is 37.1. The smallest absolute Gasteiger partial charge is 0.306 e. The fourth-order valence-corrected chi connectivity index (χ4v) is 6.29. The highest BCUT2D eigenvalue weighted by molar-refractivity contribution is 5.71. The van der Waals surface area contributed by atoms with Crippen molar-refractivity contribution in [1.29, 1.82) is 0 Å². The Hall–Kier alpha value is -3.15. The average Bonchev–Trinajstić information content (AvgIpc) is 3.21. The van der Waals surface area contributed by atoms with Crippen LogP contribution in [0, 0.1) is 0 Å². The van der Waals surface area contributed by atoms with Crippen molar-refractivity contribution in [2.45, 2.75) is 219 Å². The third-order valence-corrected chi connectivity index (χ3v) is 9.82. The van der Waals surface area contributed by atoms with Crippen molar-refractivity contribution in [3.63, 3.8) is 0 Å². The molecule has 0 aliphatic rings. The van der Waals surface area contributed by atoms with E-state index in [4.69, 9.17) is 14.2 Å². The van der Waals surface area contributed by atoms with E-state index in [1.54, 1.807) is 0 Å². The highest BCUT2D eigenvalue weighted by atomic mass is 16.6. The summed E-state index contributed by atoms with van der Waals surface area (Å²) in [6, 6.07) is 0. The molecule has 0 aliphatic carbocycles. The van der Waals surface area contributed by atoms with E-state index in [0.29, 0.717) is 19.3 Å².